The molecule has 3 rings (SSSR count). The number of sulfonamides is 1. The summed E-state index contributed by atoms with van der Waals surface area (Å²) in [7, 11) is -2.33. The van der Waals surface area contributed by atoms with Gasteiger partial charge in [-0.2, -0.15) is 0 Å². The molecule has 0 fully saturated rings. The van der Waals surface area contributed by atoms with Gasteiger partial charge in [-0.15, -0.1) is 0 Å². The van der Waals surface area contributed by atoms with Gasteiger partial charge in [0.05, 0.1) is 23.4 Å². The van der Waals surface area contributed by atoms with Crippen molar-refractivity contribution in [3.63, 3.8) is 0 Å². The van der Waals surface area contributed by atoms with Crippen LogP contribution in [0.2, 0.25) is 0 Å². The number of amides is 1. The van der Waals surface area contributed by atoms with E-state index in [2.05, 4.69) is 5.32 Å². The molecule has 2 aromatic rings. The lowest BCUT2D eigenvalue weighted by Gasteiger charge is -2.30. The summed E-state index contributed by atoms with van der Waals surface area (Å²) in [4.78, 5) is 12.1. The first-order chi connectivity index (χ1) is 11.4. The Kier molecular flexibility index (Phi) is 3.96. The van der Waals surface area contributed by atoms with Gasteiger partial charge in [-0.25, -0.2) is 8.42 Å². The summed E-state index contributed by atoms with van der Waals surface area (Å²) in [5.74, 6) is 0.267. The summed E-state index contributed by atoms with van der Waals surface area (Å²) in [5.41, 5.74) is 2.32. The second-order valence-corrected chi connectivity index (χ2v) is 7.42. The summed E-state index contributed by atoms with van der Waals surface area (Å²) in [6.07, 6.45) is 0. The van der Waals surface area contributed by atoms with Crippen LogP contribution in [-0.4, -0.2) is 28.0 Å². The Hall–Kier alpha value is -2.54. The number of anilines is 2. The maximum Gasteiger partial charge on any atom is 0.265 e. The van der Waals surface area contributed by atoms with Gasteiger partial charge in [0.15, 0.2) is 0 Å². The number of benzene rings is 2. The minimum Gasteiger partial charge on any atom is -0.496 e. The van der Waals surface area contributed by atoms with Crippen LogP contribution in [0, 0.1) is 13.8 Å². The highest BCUT2D eigenvalue weighted by Gasteiger charge is 2.33. The van der Waals surface area contributed by atoms with Crippen LogP contribution in [0.3, 0.4) is 0 Å². The number of nitrogens with one attached hydrogen (secondary N) is 1. The van der Waals surface area contributed by atoms with Crippen molar-refractivity contribution in [2.75, 3.05) is 23.3 Å². The molecule has 7 heteroatoms. The Morgan fingerprint density at radius 3 is 2.50 bits per heavy atom. The fourth-order valence-corrected chi connectivity index (χ4v) is 4.53. The molecule has 1 aliphatic rings. The van der Waals surface area contributed by atoms with Crippen LogP contribution < -0.4 is 14.4 Å². The second kappa shape index (κ2) is 5.83. The molecule has 1 N–H and O–H groups in total. The minimum absolute atomic E-state index is 0.172. The molecule has 0 aliphatic carbocycles. The first-order valence-electron chi connectivity index (χ1n) is 7.42. The van der Waals surface area contributed by atoms with E-state index in [1.807, 2.05) is 6.92 Å². The van der Waals surface area contributed by atoms with Gasteiger partial charge in [0.2, 0.25) is 5.91 Å². The van der Waals surface area contributed by atoms with Gasteiger partial charge < -0.3 is 10.1 Å². The average Bonchev–Trinajstić information content (AvgIpc) is 2.56. The predicted octanol–water partition coefficient (Wildman–Crippen LogP) is 2.46. The van der Waals surface area contributed by atoms with Gasteiger partial charge in [0.25, 0.3) is 10.0 Å². The Bertz CT molecular complexity index is 922. The lowest BCUT2D eigenvalue weighted by atomic mass is 10.1. The molecule has 1 heterocycles. The topological polar surface area (TPSA) is 75.7 Å². The molecule has 24 heavy (non-hydrogen) atoms. The molecule has 0 spiro atoms. The zero-order valence-corrected chi connectivity index (χ0v) is 14.5. The lowest BCUT2D eigenvalue weighted by Crippen LogP contribution is -2.42. The van der Waals surface area contributed by atoms with E-state index < -0.39 is 10.0 Å². The quantitative estimate of drug-likeness (QED) is 0.926. The highest BCUT2D eigenvalue weighted by atomic mass is 32.2. The first kappa shape index (κ1) is 16.3. The summed E-state index contributed by atoms with van der Waals surface area (Å²) in [6, 6.07) is 10.00. The Morgan fingerprint density at radius 2 is 1.79 bits per heavy atom. The van der Waals surface area contributed by atoms with Crippen LogP contribution in [0.15, 0.2) is 41.3 Å². The normalized spacial score (nSPS) is 14.1. The second-order valence-electron chi connectivity index (χ2n) is 5.59. The highest BCUT2D eigenvalue weighted by molar-refractivity contribution is 7.93. The fraction of sp³-hybridized carbons (Fsp3) is 0.235. The third-order valence-electron chi connectivity index (χ3n) is 4.21. The van der Waals surface area contributed by atoms with Crippen LogP contribution in [-0.2, 0) is 14.8 Å². The Balaban J connectivity index is 2.16. The molecule has 2 aromatic carbocycles. The third-order valence-corrected chi connectivity index (χ3v) is 6.11. The van der Waals surface area contributed by atoms with Crippen LogP contribution in [0.25, 0.3) is 0 Å². The molecule has 0 saturated heterocycles. The van der Waals surface area contributed by atoms with E-state index in [0.29, 0.717) is 22.7 Å². The molecule has 0 unspecified atom stereocenters. The zero-order chi connectivity index (χ0) is 17.5. The average molecular weight is 346 g/mol. The molecule has 0 aromatic heterocycles. The van der Waals surface area contributed by atoms with Crippen molar-refractivity contribution >= 4 is 27.3 Å². The molecule has 126 valence electrons. The first-order valence-corrected chi connectivity index (χ1v) is 8.86. The van der Waals surface area contributed by atoms with Gasteiger partial charge in [-0.3, -0.25) is 9.10 Å². The minimum atomic E-state index is -3.87. The van der Waals surface area contributed by atoms with Crippen LogP contribution in [0.4, 0.5) is 11.4 Å². The maximum atomic E-state index is 13.2. The largest absolute Gasteiger partial charge is 0.496 e. The zero-order valence-electron chi connectivity index (χ0n) is 13.7. The molecular formula is C17H18N2O4S. The summed E-state index contributed by atoms with van der Waals surface area (Å²) in [5, 5.41) is 2.69. The maximum absolute atomic E-state index is 13.2. The third kappa shape index (κ3) is 2.50. The Labute approximate surface area is 141 Å². The smallest absolute Gasteiger partial charge is 0.265 e. The van der Waals surface area contributed by atoms with Crippen molar-refractivity contribution in [2.24, 2.45) is 0 Å². The monoisotopic (exact) mass is 346 g/mol. The number of ether oxygens (including phenoxy) is 1. The summed E-state index contributed by atoms with van der Waals surface area (Å²) in [6.45, 7) is 3.30. The lowest BCUT2D eigenvalue weighted by molar-refractivity contribution is -0.115. The number of carbonyl (C=O) groups is 1. The Morgan fingerprint density at radius 1 is 1.08 bits per heavy atom. The molecule has 1 amide bonds. The number of methoxy groups -OCH3 is 1. The molecule has 0 bridgehead atoms. The number of hydrogen-bond donors (Lipinski definition) is 1. The van der Waals surface area contributed by atoms with Crippen molar-refractivity contribution in [2.45, 2.75) is 18.7 Å². The molecule has 0 atom stereocenters. The number of rotatable bonds is 3. The van der Waals surface area contributed by atoms with Gasteiger partial charge in [0.1, 0.15) is 12.3 Å². The number of carbonyl (C=O) groups excluding carboxylic acids is 1. The van der Waals surface area contributed by atoms with Crippen molar-refractivity contribution in [1.82, 2.24) is 0 Å². The van der Waals surface area contributed by atoms with Gasteiger partial charge >= 0.3 is 0 Å². The van der Waals surface area contributed by atoms with E-state index >= 15 is 0 Å². The van der Waals surface area contributed by atoms with E-state index in [1.165, 1.54) is 6.07 Å². The molecule has 1 aliphatic heterocycles. The highest BCUT2D eigenvalue weighted by Crippen LogP contribution is 2.35. The predicted molar refractivity (Wildman–Crippen MR) is 92.1 cm³/mol. The molecule has 0 saturated carbocycles. The van der Waals surface area contributed by atoms with Gasteiger partial charge in [-0.1, -0.05) is 12.1 Å². The van der Waals surface area contributed by atoms with Crippen molar-refractivity contribution < 1.29 is 17.9 Å². The van der Waals surface area contributed by atoms with Crippen LogP contribution in [0.5, 0.6) is 5.75 Å². The van der Waals surface area contributed by atoms with E-state index in [9.17, 15) is 13.2 Å². The van der Waals surface area contributed by atoms with E-state index in [1.54, 1.807) is 44.4 Å². The fourth-order valence-electron chi connectivity index (χ4n) is 2.81. The molecule has 0 radical (unpaired) electrons. The summed E-state index contributed by atoms with van der Waals surface area (Å²) < 4.78 is 32.7. The van der Waals surface area contributed by atoms with E-state index in [-0.39, 0.29) is 17.3 Å². The van der Waals surface area contributed by atoms with Crippen molar-refractivity contribution in [1.29, 1.82) is 0 Å². The van der Waals surface area contributed by atoms with Gasteiger partial charge in [-0.05, 0) is 49.2 Å². The van der Waals surface area contributed by atoms with Crippen LogP contribution in [0.1, 0.15) is 11.1 Å². The van der Waals surface area contributed by atoms with E-state index in [4.69, 9.17) is 4.74 Å². The number of hydrogen-bond acceptors (Lipinski definition) is 4. The summed E-state index contributed by atoms with van der Waals surface area (Å²) >= 11 is 0. The SMILES string of the molecule is COc1ccc(S(=O)(=O)N2CC(=O)Nc3ccccc32)c(C)c1C. The van der Waals surface area contributed by atoms with Crippen molar-refractivity contribution in [3.05, 3.63) is 47.5 Å². The number of fused-ring (bicyclic) bond motifs is 1. The molecular weight excluding hydrogens is 328 g/mol. The van der Waals surface area contributed by atoms with Gasteiger partial charge in [0, 0.05) is 0 Å². The van der Waals surface area contributed by atoms with Crippen molar-refractivity contribution in [3.8, 4) is 5.75 Å². The standard InChI is InChI=1S/C17H18N2O4S/c1-11-12(2)16(9-8-15(11)23-3)24(21,22)19-10-17(20)18-13-6-4-5-7-14(13)19/h4-9H,10H2,1-3H3,(H,18,20). The van der Waals surface area contributed by atoms with E-state index in [0.717, 1.165) is 9.87 Å². The van der Waals surface area contributed by atoms with Crippen LogP contribution >= 0.6 is 0 Å². The number of para-hydroxylation sites is 2. The number of nitrogens with zero attached hydrogens (tertiary/aromatic N) is 1. The molecule has 6 nitrogen and oxygen atoms in total.